The number of hydrogen-bond acceptors (Lipinski definition) is 4. The minimum atomic E-state index is -1.39. The van der Waals surface area contributed by atoms with Gasteiger partial charge in [0.05, 0.1) is 5.56 Å². The van der Waals surface area contributed by atoms with Crippen molar-refractivity contribution in [2.24, 2.45) is 0 Å². The number of hydrogen-bond donors (Lipinski definition) is 3. The molecule has 0 heterocycles. The molecule has 7 nitrogen and oxygen atoms in total. The molecule has 0 unspecified atom stereocenters. The molecule has 0 saturated heterocycles. The van der Waals surface area contributed by atoms with Crippen LogP contribution >= 0.6 is 0 Å². The van der Waals surface area contributed by atoms with E-state index in [0.29, 0.717) is 0 Å². The monoisotopic (exact) mass is 462 g/mol. The van der Waals surface area contributed by atoms with E-state index in [4.69, 9.17) is 9.84 Å². The predicted molar refractivity (Wildman–Crippen MR) is 124 cm³/mol. The lowest BCUT2D eigenvalue weighted by atomic mass is 9.98. The van der Waals surface area contributed by atoms with Crippen LogP contribution in [0.5, 0.6) is 0 Å². The summed E-state index contributed by atoms with van der Waals surface area (Å²) in [6.45, 7) is 1.81. The van der Waals surface area contributed by atoms with Crippen LogP contribution in [0.2, 0.25) is 0 Å². The molecule has 0 aliphatic heterocycles. The molecular formula is C26H23FN2O5. The van der Waals surface area contributed by atoms with Crippen molar-refractivity contribution < 1.29 is 28.6 Å². The third kappa shape index (κ3) is 4.91. The molecule has 1 aliphatic carbocycles. The second-order valence-electron chi connectivity index (χ2n) is 8.12. The van der Waals surface area contributed by atoms with Crippen molar-refractivity contribution in [1.29, 1.82) is 0 Å². The molecule has 0 bridgehead atoms. The molecule has 4 rings (SSSR count). The normalized spacial score (nSPS) is 12.9. The highest BCUT2D eigenvalue weighted by Crippen LogP contribution is 2.44. The van der Waals surface area contributed by atoms with Gasteiger partial charge in [-0.2, -0.15) is 0 Å². The summed E-state index contributed by atoms with van der Waals surface area (Å²) >= 11 is 0. The summed E-state index contributed by atoms with van der Waals surface area (Å²) < 4.78 is 19.3. The van der Waals surface area contributed by atoms with Crippen LogP contribution in [0.25, 0.3) is 11.1 Å². The van der Waals surface area contributed by atoms with Gasteiger partial charge in [0, 0.05) is 24.1 Å². The Morgan fingerprint density at radius 3 is 2.21 bits per heavy atom. The maximum Gasteiger partial charge on any atom is 0.407 e. The van der Waals surface area contributed by atoms with Crippen LogP contribution in [-0.2, 0) is 9.53 Å². The van der Waals surface area contributed by atoms with Gasteiger partial charge in [-0.15, -0.1) is 0 Å². The van der Waals surface area contributed by atoms with Crippen LogP contribution in [0.15, 0.2) is 66.7 Å². The predicted octanol–water partition coefficient (Wildman–Crippen LogP) is 4.78. The molecule has 0 radical (unpaired) electrons. The number of ether oxygens (including phenoxy) is 1. The standard InChI is InChI=1S/C26H23FN2O5/c1-15(12-24(30)29-16-10-11-21(25(31)32)23(27)13-16)28-26(33)34-14-22-19-8-4-2-6-17(19)18-7-3-5-9-20(18)22/h2-11,13,15,22H,12,14H2,1H3,(H,28,33)(H,29,30)(H,31,32)/t15-/m0/s1. The number of fused-ring (bicyclic) bond motifs is 3. The quantitative estimate of drug-likeness (QED) is 0.469. The fourth-order valence-corrected chi connectivity index (χ4v) is 4.15. The lowest BCUT2D eigenvalue weighted by Crippen LogP contribution is -2.36. The molecule has 1 atom stereocenters. The highest BCUT2D eigenvalue weighted by Gasteiger charge is 2.29. The van der Waals surface area contributed by atoms with Gasteiger partial charge < -0.3 is 20.5 Å². The number of nitrogens with one attached hydrogen (secondary N) is 2. The summed E-state index contributed by atoms with van der Waals surface area (Å²) in [5.41, 5.74) is 4.11. The third-order valence-corrected chi connectivity index (χ3v) is 5.68. The third-order valence-electron chi connectivity index (χ3n) is 5.68. The van der Waals surface area contributed by atoms with E-state index in [1.165, 1.54) is 6.07 Å². The van der Waals surface area contributed by atoms with Crippen molar-refractivity contribution in [3.63, 3.8) is 0 Å². The zero-order valence-corrected chi connectivity index (χ0v) is 18.4. The molecule has 0 spiro atoms. The lowest BCUT2D eigenvalue weighted by Gasteiger charge is -2.17. The van der Waals surface area contributed by atoms with E-state index in [-0.39, 0.29) is 24.6 Å². The molecule has 3 aromatic carbocycles. The Bertz CT molecular complexity index is 1210. The van der Waals surface area contributed by atoms with Crippen LogP contribution in [0.1, 0.15) is 40.7 Å². The van der Waals surface area contributed by atoms with Crippen molar-refractivity contribution in [1.82, 2.24) is 5.32 Å². The number of anilines is 1. The van der Waals surface area contributed by atoms with E-state index in [2.05, 4.69) is 22.8 Å². The van der Waals surface area contributed by atoms with E-state index >= 15 is 0 Å². The van der Waals surface area contributed by atoms with Crippen LogP contribution in [-0.4, -0.2) is 35.7 Å². The lowest BCUT2D eigenvalue weighted by molar-refractivity contribution is -0.116. The summed E-state index contributed by atoms with van der Waals surface area (Å²) in [7, 11) is 0. The molecule has 3 aromatic rings. The molecule has 0 aromatic heterocycles. The molecule has 0 fully saturated rings. The maximum absolute atomic E-state index is 13.8. The highest BCUT2D eigenvalue weighted by molar-refractivity contribution is 5.93. The van der Waals surface area contributed by atoms with Crippen LogP contribution in [0.3, 0.4) is 0 Å². The van der Waals surface area contributed by atoms with Gasteiger partial charge in [0.1, 0.15) is 12.4 Å². The first kappa shape index (κ1) is 23.0. The first-order valence-electron chi connectivity index (χ1n) is 10.8. The Labute approximate surface area is 195 Å². The first-order valence-corrected chi connectivity index (χ1v) is 10.8. The first-order chi connectivity index (χ1) is 16.3. The van der Waals surface area contributed by atoms with Crippen molar-refractivity contribution >= 4 is 23.7 Å². The summed E-state index contributed by atoms with van der Waals surface area (Å²) in [5.74, 6) is -2.87. The second-order valence-corrected chi connectivity index (χ2v) is 8.12. The van der Waals surface area contributed by atoms with E-state index in [9.17, 15) is 18.8 Å². The molecule has 34 heavy (non-hydrogen) atoms. The van der Waals surface area contributed by atoms with Gasteiger partial charge in [0.25, 0.3) is 0 Å². The summed E-state index contributed by atoms with van der Waals surface area (Å²) in [6, 6.07) is 18.8. The van der Waals surface area contributed by atoms with E-state index in [0.717, 1.165) is 34.4 Å². The van der Waals surface area contributed by atoms with Gasteiger partial charge in [-0.25, -0.2) is 14.0 Å². The molecule has 8 heteroatoms. The van der Waals surface area contributed by atoms with Gasteiger partial charge in [-0.05, 0) is 47.4 Å². The van der Waals surface area contributed by atoms with Crippen molar-refractivity contribution in [3.8, 4) is 11.1 Å². The van der Waals surface area contributed by atoms with Crippen LogP contribution in [0, 0.1) is 5.82 Å². The Hall–Kier alpha value is -4.20. The number of rotatable bonds is 7. The summed E-state index contributed by atoms with van der Waals surface area (Å²) in [4.78, 5) is 35.5. The molecular weight excluding hydrogens is 439 g/mol. The largest absolute Gasteiger partial charge is 0.478 e. The molecule has 1 aliphatic rings. The van der Waals surface area contributed by atoms with Gasteiger partial charge >= 0.3 is 12.1 Å². The molecule has 174 valence electrons. The average molecular weight is 462 g/mol. The van der Waals surface area contributed by atoms with Crippen molar-refractivity contribution in [2.75, 3.05) is 11.9 Å². The van der Waals surface area contributed by atoms with Gasteiger partial charge in [0.2, 0.25) is 5.91 Å². The number of benzene rings is 3. The number of carbonyl (C=O) groups excluding carboxylic acids is 2. The van der Waals surface area contributed by atoms with Crippen LogP contribution < -0.4 is 10.6 Å². The zero-order valence-electron chi connectivity index (χ0n) is 18.4. The molecule has 2 amide bonds. The fourth-order valence-electron chi connectivity index (χ4n) is 4.15. The number of alkyl carbamates (subject to hydrolysis) is 1. The molecule has 0 saturated carbocycles. The fraction of sp³-hybridized carbons (Fsp3) is 0.192. The zero-order chi connectivity index (χ0) is 24.2. The number of amides is 2. The van der Waals surface area contributed by atoms with Gasteiger partial charge in [-0.1, -0.05) is 48.5 Å². The number of aromatic carboxylic acids is 1. The Balaban J connectivity index is 1.30. The van der Waals surface area contributed by atoms with Gasteiger partial charge in [0.15, 0.2) is 0 Å². The number of carboxylic acid groups (broad SMARTS) is 1. The maximum atomic E-state index is 13.8. The Morgan fingerprint density at radius 1 is 1.00 bits per heavy atom. The van der Waals surface area contributed by atoms with Gasteiger partial charge in [-0.3, -0.25) is 4.79 Å². The average Bonchev–Trinajstić information content (AvgIpc) is 3.11. The Morgan fingerprint density at radius 2 is 1.62 bits per heavy atom. The van der Waals surface area contributed by atoms with E-state index < -0.39 is 35.4 Å². The number of carboxylic acids is 1. The number of halogens is 1. The number of carbonyl (C=O) groups is 3. The highest BCUT2D eigenvalue weighted by atomic mass is 19.1. The smallest absolute Gasteiger partial charge is 0.407 e. The van der Waals surface area contributed by atoms with E-state index in [1.807, 2.05) is 36.4 Å². The Kier molecular flexibility index (Phi) is 6.58. The van der Waals surface area contributed by atoms with Crippen LogP contribution in [0.4, 0.5) is 14.9 Å². The SMILES string of the molecule is C[C@@H](CC(=O)Nc1ccc(C(=O)O)c(F)c1)NC(=O)OCC1c2ccccc2-c2ccccc21. The van der Waals surface area contributed by atoms with Crippen molar-refractivity contribution in [2.45, 2.75) is 25.3 Å². The minimum Gasteiger partial charge on any atom is -0.478 e. The van der Waals surface area contributed by atoms with Crippen molar-refractivity contribution in [3.05, 3.63) is 89.2 Å². The summed E-state index contributed by atoms with van der Waals surface area (Å²) in [5, 5.41) is 14.0. The summed E-state index contributed by atoms with van der Waals surface area (Å²) in [6.07, 6.45) is -0.717. The second kappa shape index (κ2) is 9.74. The topological polar surface area (TPSA) is 105 Å². The van der Waals surface area contributed by atoms with E-state index in [1.54, 1.807) is 6.92 Å². The minimum absolute atomic E-state index is 0.0691. The molecule has 3 N–H and O–H groups in total.